The van der Waals surface area contributed by atoms with Crippen molar-refractivity contribution >= 4 is 5.97 Å². The second kappa shape index (κ2) is 20.8. The number of unbranched alkanes of at least 4 members (excludes halogenated alkanes) is 1. The van der Waals surface area contributed by atoms with E-state index >= 15 is 0 Å². The van der Waals surface area contributed by atoms with E-state index in [-0.39, 0.29) is 41.6 Å². The minimum absolute atomic E-state index is 0. The molecule has 0 aliphatic heterocycles. The Labute approximate surface area is 111 Å². The molecular formula is C15H38O2. The van der Waals surface area contributed by atoms with Gasteiger partial charge in [0.15, 0.2) is 0 Å². The second-order valence-electron chi connectivity index (χ2n) is 3.41. The van der Waals surface area contributed by atoms with Gasteiger partial charge in [-0.25, -0.2) is 0 Å². The molecule has 1 atom stereocenters. The smallest absolute Gasteiger partial charge is 0.308 e. The van der Waals surface area contributed by atoms with Crippen LogP contribution in [0.5, 0.6) is 0 Å². The Morgan fingerprint density at radius 3 is 1.88 bits per heavy atom. The molecule has 0 heterocycles. The van der Waals surface area contributed by atoms with Crippen LogP contribution in [0.4, 0.5) is 0 Å². The summed E-state index contributed by atoms with van der Waals surface area (Å²) in [5, 5.41) is 0. The van der Waals surface area contributed by atoms with Crippen LogP contribution in [0.1, 0.15) is 82.6 Å². The Bertz CT molecular complexity index is 133. The van der Waals surface area contributed by atoms with E-state index in [9.17, 15) is 4.79 Å². The number of ether oxygens (including phenoxy) is 1. The first-order valence-corrected chi connectivity index (χ1v) is 5.42. The van der Waals surface area contributed by atoms with Gasteiger partial charge in [0.05, 0.1) is 12.5 Å². The second-order valence-corrected chi connectivity index (χ2v) is 3.41. The molecule has 0 saturated carbocycles. The van der Waals surface area contributed by atoms with Gasteiger partial charge < -0.3 is 4.74 Å². The molecular weight excluding hydrogens is 212 g/mol. The van der Waals surface area contributed by atoms with Crippen LogP contribution in [-0.4, -0.2) is 12.6 Å². The van der Waals surface area contributed by atoms with Gasteiger partial charge in [-0.05, 0) is 19.3 Å². The van der Waals surface area contributed by atoms with Crippen LogP contribution in [0.3, 0.4) is 0 Å². The van der Waals surface area contributed by atoms with E-state index in [1.54, 1.807) is 0 Å². The van der Waals surface area contributed by atoms with Crippen molar-refractivity contribution in [3.63, 3.8) is 0 Å². The Hall–Kier alpha value is -0.530. The minimum atomic E-state index is -0.00204. The molecule has 0 radical (unpaired) electrons. The van der Waals surface area contributed by atoms with Gasteiger partial charge in [0.25, 0.3) is 0 Å². The molecule has 2 heteroatoms. The summed E-state index contributed by atoms with van der Waals surface area (Å²) in [6.45, 7) is 6.83. The minimum Gasteiger partial charge on any atom is -0.465 e. The van der Waals surface area contributed by atoms with Crippen LogP contribution in [-0.2, 0) is 9.53 Å². The predicted octanol–water partition coefficient (Wildman–Crippen LogP) is 5.70. The lowest BCUT2D eigenvalue weighted by atomic mass is 10.0. The van der Waals surface area contributed by atoms with Crippen molar-refractivity contribution in [2.75, 3.05) is 6.61 Å². The van der Waals surface area contributed by atoms with Gasteiger partial charge in [0, 0.05) is 0 Å². The van der Waals surface area contributed by atoms with Gasteiger partial charge in [-0.3, -0.25) is 4.79 Å². The molecule has 2 nitrogen and oxygen atoms in total. The molecule has 1 unspecified atom stereocenters. The first-order chi connectivity index (χ1) is 6.26. The lowest BCUT2D eigenvalue weighted by Gasteiger charge is -2.12. The maximum atomic E-state index is 11.4. The van der Waals surface area contributed by atoms with Crippen molar-refractivity contribution in [3.8, 4) is 0 Å². The fraction of sp³-hybridized carbons (Fsp3) is 0.933. The zero-order valence-electron chi connectivity index (χ0n) is 9.14. The van der Waals surface area contributed by atoms with Gasteiger partial charge in [-0.15, -0.1) is 0 Å². The van der Waals surface area contributed by atoms with Crippen LogP contribution >= 0.6 is 0 Å². The summed E-state index contributed by atoms with van der Waals surface area (Å²) in [5.74, 6) is 0.125. The van der Waals surface area contributed by atoms with E-state index in [1.807, 2.05) is 6.92 Å². The van der Waals surface area contributed by atoms with Gasteiger partial charge >= 0.3 is 5.97 Å². The highest BCUT2D eigenvalue weighted by Crippen LogP contribution is 2.12. The van der Waals surface area contributed by atoms with Crippen molar-refractivity contribution in [1.29, 1.82) is 0 Å². The quantitative estimate of drug-likeness (QED) is 0.428. The number of carbonyl (C=O) groups is 1. The number of carbonyl (C=O) groups excluding carboxylic acids is 1. The number of hydrogen-bond donors (Lipinski definition) is 0. The molecule has 0 rings (SSSR count). The average Bonchev–Trinajstić information content (AvgIpc) is 2.14. The van der Waals surface area contributed by atoms with Crippen LogP contribution in [0.15, 0.2) is 0 Å². The SMILES string of the molecule is C.C.C.C.CCCCOC(=O)C(CC)CCC. The Morgan fingerprint density at radius 2 is 1.53 bits per heavy atom. The molecule has 110 valence electrons. The molecule has 0 spiro atoms. The fourth-order valence-electron chi connectivity index (χ4n) is 1.27. The van der Waals surface area contributed by atoms with Crippen molar-refractivity contribution in [3.05, 3.63) is 0 Å². The zero-order valence-corrected chi connectivity index (χ0v) is 9.14. The number of hydrogen-bond acceptors (Lipinski definition) is 2. The zero-order chi connectivity index (χ0) is 10.1. The van der Waals surface area contributed by atoms with Gasteiger partial charge in [-0.1, -0.05) is 63.3 Å². The van der Waals surface area contributed by atoms with Crippen molar-refractivity contribution in [2.24, 2.45) is 5.92 Å². The predicted molar refractivity (Wildman–Crippen MR) is 81.5 cm³/mol. The third-order valence-electron chi connectivity index (χ3n) is 2.21. The highest BCUT2D eigenvalue weighted by Gasteiger charge is 2.15. The summed E-state index contributed by atoms with van der Waals surface area (Å²) in [6.07, 6.45) is 4.98. The van der Waals surface area contributed by atoms with E-state index in [4.69, 9.17) is 4.74 Å². The standard InChI is InChI=1S/C11H22O2.4CH4/c1-4-7-9-13-11(12)10(6-3)8-5-2;;;;/h10H,4-9H2,1-3H3;4*1H4. The Morgan fingerprint density at radius 1 is 1.00 bits per heavy atom. The summed E-state index contributed by atoms with van der Waals surface area (Å²) in [5.41, 5.74) is 0. The molecule has 0 bridgehead atoms. The van der Waals surface area contributed by atoms with Gasteiger partial charge in [0.1, 0.15) is 0 Å². The van der Waals surface area contributed by atoms with E-state index < -0.39 is 0 Å². The number of esters is 1. The monoisotopic (exact) mass is 250 g/mol. The van der Waals surface area contributed by atoms with Crippen molar-refractivity contribution in [1.82, 2.24) is 0 Å². The molecule has 0 aromatic carbocycles. The largest absolute Gasteiger partial charge is 0.465 e. The summed E-state index contributed by atoms with van der Waals surface area (Å²) >= 11 is 0. The van der Waals surface area contributed by atoms with Crippen LogP contribution in [0.25, 0.3) is 0 Å². The molecule has 0 aromatic rings. The number of rotatable bonds is 7. The normalized spacial score (nSPS) is 9.59. The summed E-state index contributed by atoms with van der Waals surface area (Å²) in [7, 11) is 0. The molecule has 0 amide bonds. The first-order valence-electron chi connectivity index (χ1n) is 5.42. The molecule has 17 heavy (non-hydrogen) atoms. The van der Waals surface area contributed by atoms with E-state index in [1.165, 1.54) is 0 Å². The molecule has 0 aliphatic rings. The third kappa shape index (κ3) is 15.5. The van der Waals surface area contributed by atoms with E-state index in [2.05, 4.69) is 13.8 Å². The lowest BCUT2D eigenvalue weighted by molar-refractivity contribution is -0.149. The molecule has 0 aromatic heterocycles. The van der Waals surface area contributed by atoms with Crippen LogP contribution in [0, 0.1) is 5.92 Å². The Balaban J connectivity index is -0.000000120. The highest BCUT2D eigenvalue weighted by atomic mass is 16.5. The van der Waals surface area contributed by atoms with Crippen LogP contribution < -0.4 is 0 Å². The Kier molecular flexibility index (Phi) is 36.7. The molecule has 0 N–H and O–H groups in total. The maximum absolute atomic E-state index is 11.4. The van der Waals surface area contributed by atoms with E-state index in [0.717, 1.165) is 32.1 Å². The average molecular weight is 250 g/mol. The fourth-order valence-corrected chi connectivity index (χ4v) is 1.27. The summed E-state index contributed by atoms with van der Waals surface area (Å²) in [6, 6.07) is 0. The highest BCUT2D eigenvalue weighted by molar-refractivity contribution is 5.72. The van der Waals surface area contributed by atoms with Crippen LogP contribution in [0.2, 0.25) is 0 Å². The summed E-state index contributed by atoms with van der Waals surface area (Å²) < 4.78 is 5.15. The van der Waals surface area contributed by atoms with Crippen molar-refractivity contribution in [2.45, 2.75) is 82.6 Å². The molecule has 0 saturated heterocycles. The maximum Gasteiger partial charge on any atom is 0.308 e. The van der Waals surface area contributed by atoms with Gasteiger partial charge in [0.2, 0.25) is 0 Å². The molecule has 0 aliphatic carbocycles. The lowest BCUT2D eigenvalue weighted by Crippen LogP contribution is -2.17. The summed E-state index contributed by atoms with van der Waals surface area (Å²) in [4.78, 5) is 11.4. The van der Waals surface area contributed by atoms with E-state index in [0.29, 0.717) is 6.61 Å². The third-order valence-corrected chi connectivity index (χ3v) is 2.21. The topological polar surface area (TPSA) is 26.3 Å². The van der Waals surface area contributed by atoms with Crippen molar-refractivity contribution < 1.29 is 9.53 Å². The first kappa shape index (κ1) is 30.0. The van der Waals surface area contributed by atoms with Gasteiger partial charge in [-0.2, -0.15) is 0 Å². The molecule has 0 fully saturated rings.